The van der Waals surface area contributed by atoms with E-state index >= 15 is 0 Å². The lowest BCUT2D eigenvalue weighted by Gasteiger charge is -2.10. The Bertz CT molecular complexity index is 1560. The average Bonchev–Trinajstić information content (AvgIpc) is 3.22. The summed E-state index contributed by atoms with van der Waals surface area (Å²) in [6, 6.07) is 8.98. The second kappa shape index (κ2) is 7.15. The summed E-state index contributed by atoms with van der Waals surface area (Å²) in [6.45, 7) is 7.99. The van der Waals surface area contributed by atoms with E-state index in [2.05, 4.69) is 74.0 Å². The fraction of sp³-hybridized carbons (Fsp3) is 0.115. The predicted molar refractivity (Wildman–Crippen MR) is 133 cm³/mol. The van der Waals surface area contributed by atoms with Gasteiger partial charge in [-0.1, -0.05) is 56.0 Å². The molecule has 0 aliphatic rings. The van der Waals surface area contributed by atoms with E-state index < -0.39 is 0 Å². The maximum absolute atomic E-state index is 6.22. The molecule has 4 heteroatoms. The van der Waals surface area contributed by atoms with Gasteiger partial charge in [0.2, 0.25) is 5.95 Å². The number of thiophene rings is 1. The number of nitrogens with two attached hydrogens (primary N) is 1. The molecule has 30 heavy (non-hydrogen) atoms. The number of allylic oxidation sites excluding steroid dienone is 7. The molecular weight excluding hydrogens is 386 g/mol. The topological polar surface area (TPSA) is 43.3 Å². The Morgan fingerprint density at radius 2 is 2.10 bits per heavy atom. The van der Waals surface area contributed by atoms with Crippen LogP contribution < -0.4 is 11.1 Å². The van der Waals surface area contributed by atoms with Crippen molar-refractivity contribution in [3.8, 4) is 0 Å². The molecule has 5 aromatic rings. The largest absolute Gasteiger partial charge is 0.369 e. The van der Waals surface area contributed by atoms with Crippen molar-refractivity contribution < 1.29 is 0 Å². The van der Waals surface area contributed by atoms with Crippen LogP contribution in [-0.4, -0.2) is 9.38 Å². The molecule has 148 valence electrons. The number of nitrogens with zero attached hydrogens (tertiary/aromatic N) is 2. The molecule has 3 nitrogen and oxygen atoms in total. The summed E-state index contributed by atoms with van der Waals surface area (Å²) < 4.78 is 4.63. The van der Waals surface area contributed by atoms with Gasteiger partial charge in [-0.15, -0.1) is 11.3 Å². The smallest absolute Gasteiger partial charge is 0.205 e. The van der Waals surface area contributed by atoms with Gasteiger partial charge in [0.05, 0.1) is 16.4 Å². The molecule has 0 radical (unpaired) electrons. The number of aromatic nitrogens is 2. The molecular formula is C26H23N3S. The van der Waals surface area contributed by atoms with Crippen molar-refractivity contribution in [3.63, 3.8) is 0 Å². The van der Waals surface area contributed by atoms with E-state index in [1.165, 1.54) is 36.7 Å². The van der Waals surface area contributed by atoms with Gasteiger partial charge < -0.3 is 5.73 Å². The monoisotopic (exact) mass is 409 g/mol. The predicted octanol–water partition coefficient (Wildman–Crippen LogP) is 6.49. The molecule has 0 bridgehead atoms. The summed E-state index contributed by atoms with van der Waals surface area (Å²) in [7, 11) is 0. The summed E-state index contributed by atoms with van der Waals surface area (Å²) >= 11 is 1.84. The summed E-state index contributed by atoms with van der Waals surface area (Å²) in [5.74, 6) is 0.541. The van der Waals surface area contributed by atoms with Crippen LogP contribution in [0.5, 0.6) is 0 Å². The fourth-order valence-electron chi connectivity index (χ4n) is 4.27. The first-order chi connectivity index (χ1) is 14.7. The van der Waals surface area contributed by atoms with E-state index in [0.29, 0.717) is 5.95 Å². The summed E-state index contributed by atoms with van der Waals surface area (Å²) in [6.07, 6.45) is 15.4. The SMILES string of the molecule is C=C/C=C\C=c1\c2c3sc4ccc(C(/C=C\C)=C/CC)cc4c3cc3nc(N)n1c32. The maximum atomic E-state index is 6.22. The van der Waals surface area contributed by atoms with Gasteiger partial charge in [-0.2, -0.15) is 0 Å². The first-order valence-corrected chi connectivity index (χ1v) is 11.0. The molecule has 3 heterocycles. The Kier molecular flexibility index (Phi) is 4.44. The molecule has 0 amide bonds. The van der Waals surface area contributed by atoms with Crippen molar-refractivity contribution in [2.45, 2.75) is 20.3 Å². The Labute approximate surface area is 179 Å². The lowest BCUT2D eigenvalue weighted by molar-refractivity contribution is 1.12. The highest BCUT2D eigenvalue weighted by atomic mass is 32.1. The molecule has 0 spiro atoms. The molecule has 0 unspecified atom stereocenters. The van der Waals surface area contributed by atoms with Gasteiger partial charge >= 0.3 is 0 Å². The zero-order valence-corrected chi connectivity index (χ0v) is 18.0. The van der Waals surface area contributed by atoms with E-state index in [-0.39, 0.29) is 0 Å². The standard InChI is InChI=1S/C26H23N3S/c1-4-7-8-11-21-23-24-20(28-26(27)29(21)24)15-19-18-14-17(16(9-5-2)10-6-3)12-13-22(18)30-25(19)23/h4-5,7-15H,1,6H2,2-3H3,(H2,27,28)/b8-7-,9-5-,16-10+,21-11-. The molecule has 2 aromatic carbocycles. The Hall–Kier alpha value is -3.37. The molecule has 0 atom stereocenters. The van der Waals surface area contributed by atoms with E-state index in [1.54, 1.807) is 6.08 Å². The van der Waals surface area contributed by atoms with Gasteiger partial charge in [-0.3, -0.25) is 4.40 Å². The van der Waals surface area contributed by atoms with Gasteiger partial charge in [-0.25, -0.2) is 4.98 Å². The summed E-state index contributed by atoms with van der Waals surface area (Å²) in [5, 5.41) is 4.87. The van der Waals surface area contributed by atoms with Crippen LogP contribution in [0.25, 0.3) is 48.2 Å². The zero-order valence-electron chi connectivity index (χ0n) is 17.1. The highest BCUT2D eigenvalue weighted by molar-refractivity contribution is 7.26. The van der Waals surface area contributed by atoms with E-state index in [4.69, 9.17) is 5.73 Å². The zero-order chi connectivity index (χ0) is 20.8. The molecule has 0 fully saturated rings. The third kappa shape index (κ3) is 2.61. The quantitative estimate of drug-likeness (QED) is 0.337. The Morgan fingerprint density at radius 1 is 1.23 bits per heavy atom. The number of rotatable bonds is 5. The van der Waals surface area contributed by atoms with Crippen LogP contribution in [0.15, 0.2) is 67.3 Å². The molecule has 3 aromatic heterocycles. The van der Waals surface area contributed by atoms with Gasteiger partial charge in [0.15, 0.2) is 0 Å². The first kappa shape index (κ1) is 18.6. The van der Waals surface area contributed by atoms with Crippen LogP contribution in [0.2, 0.25) is 0 Å². The highest BCUT2D eigenvalue weighted by Gasteiger charge is 2.21. The van der Waals surface area contributed by atoms with Crippen molar-refractivity contribution in [2.75, 3.05) is 5.73 Å². The number of hydrogen-bond donors (Lipinski definition) is 1. The molecule has 0 aliphatic carbocycles. The molecule has 0 saturated carbocycles. The van der Waals surface area contributed by atoms with Gasteiger partial charge in [0.1, 0.15) is 0 Å². The van der Waals surface area contributed by atoms with Crippen LogP contribution in [0, 0.1) is 0 Å². The van der Waals surface area contributed by atoms with Crippen LogP contribution in [-0.2, 0) is 0 Å². The van der Waals surface area contributed by atoms with Gasteiger partial charge in [0.25, 0.3) is 0 Å². The van der Waals surface area contributed by atoms with Crippen LogP contribution in [0.4, 0.5) is 5.95 Å². The second-order valence-electron chi connectivity index (χ2n) is 7.35. The molecule has 0 aliphatic heterocycles. The molecule has 5 rings (SSSR count). The average molecular weight is 410 g/mol. The van der Waals surface area contributed by atoms with E-state index in [1.807, 2.05) is 27.9 Å². The van der Waals surface area contributed by atoms with Crippen molar-refractivity contribution in [2.24, 2.45) is 0 Å². The minimum Gasteiger partial charge on any atom is -0.369 e. The molecule has 0 saturated heterocycles. The number of anilines is 1. The highest BCUT2D eigenvalue weighted by Crippen LogP contribution is 2.41. The number of benzene rings is 2. The lowest BCUT2D eigenvalue weighted by Crippen LogP contribution is -2.21. The Balaban J connectivity index is 1.85. The Morgan fingerprint density at radius 3 is 2.87 bits per heavy atom. The number of fused-ring (bicyclic) bond motifs is 4. The van der Waals surface area contributed by atoms with Crippen molar-refractivity contribution in [1.29, 1.82) is 0 Å². The minimum absolute atomic E-state index is 0.541. The number of hydrogen-bond acceptors (Lipinski definition) is 3. The second-order valence-corrected chi connectivity index (χ2v) is 8.41. The third-order valence-electron chi connectivity index (χ3n) is 5.50. The number of imidazole rings is 1. The summed E-state index contributed by atoms with van der Waals surface area (Å²) in [4.78, 5) is 4.63. The van der Waals surface area contributed by atoms with Crippen molar-refractivity contribution >= 4 is 65.5 Å². The minimum atomic E-state index is 0.541. The van der Waals surface area contributed by atoms with Crippen LogP contribution in [0.3, 0.4) is 0 Å². The van der Waals surface area contributed by atoms with Gasteiger partial charge in [0, 0.05) is 25.6 Å². The van der Waals surface area contributed by atoms with E-state index in [9.17, 15) is 0 Å². The normalized spacial score (nSPS) is 14.2. The molecule has 2 N–H and O–H groups in total. The van der Waals surface area contributed by atoms with Crippen molar-refractivity contribution in [1.82, 2.24) is 9.38 Å². The third-order valence-corrected chi connectivity index (χ3v) is 6.71. The fourth-order valence-corrected chi connectivity index (χ4v) is 5.49. The number of nitrogen functional groups attached to an aromatic ring is 1. The lowest BCUT2D eigenvalue weighted by atomic mass is 10.0. The first-order valence-electron chi connectivity index (χ1n) is 10.2. The summed E-state index contributed by atoms with van der Waals surface area (Å²) in [5.41, 5.74) is 10.8. The van der Waals surface area contributed by atoms with E-state index in [0.717, 1.165) is 22.8 Å². The van der Waals surface area contributed by atoms with Crippen LogP contribution >= 0.6 is 11.3 Å². The van der Waals surface area contributed by atoms with Gasteiger partial charge in [-0.05, 0) is 48.8 Å². The van der Waals surface area contributed by atoms with Crippen LogP contribution in [0.1, 0.15) is 25.8 Å². The maximum Gasteiger partial charge on any atom is 0.205 e. The van der Waals surface area contributed by atoms with Crippen molar-refractivity contribution in [3.05, 3.63) is 78.2 Å².